The average Bonchev–Trinajstić information content (AvgIpc) is 2.49. The first-order valence-corrected chi connectivity index (χ1v) is 8.01. The van der Waals surface area contributed by atoms with Crippen molar-refractivity contribution in [2.75, 3.05) is 14.1 Å². The molecule has 1 aromatic rings. The first-order valence-electron chi connectivity index (χ1n) is 8.01. The maximum absolute atomic E-state index is 4.58. The van der Waals surface area contributed by atoms with Crippen molar-refractivity contribution in [2.45, 2.75) is 58.2 Å². The second-order valence-corrected chi connectivity index (χ2v) is 6.19. The summed E-state index contributed by atoms with van der Waals surface area (Å²) in [6.45, 7) is 4.19. The van der Waals surface area contributed by atoms with Crippen LogP contribution in [0.25, 0.3) is 0 Å². The third-order valence-electron chi connectivity index (χ3n) is 4.70. The molecule has 0 bridgehead atoms. The maximum Gasteiger partial charge on any atom is 0.0544 e. The predicted molar refractivity (Wildman–Crippen MR) is 84.5 cm³/mol. The lowest BCUT2D eigenvalue weighted by atomic mass is 9.84. The highest BCUT2D eigenvalue weighted by Crippen LogP contribution is 2.29. The zero-order valence-corrected chi connectivity index (χ0v) is 13.2. The first kappa shape index (κ1) is 15.5. The van der Waals surface area contributed by atoms with Crippen LogP contribution < -0.4 is 5.32 Å². The molecule has 1 fully saturated rings. The van der Waals surface area contributed by atoms with Gasteiger partial charge in [0.15, 0.2) is 0 Å². The molecule has 1 saturated carbocycles. The Bertz CT molecular complexity index is 380. The van der Waals surface area contributed by atoms with E-state index in [1.165, 1.54) is 43.4 Å². The molecule has 0 amide bonds. The molecule has 2 rings (SSSR count). The number of hydrogen-bond acceptors (Lipinski definition) is 3. The van der Waals surface area contributed by atoms with Crippen LogP contribution in [0.5, 0.6) is 0 Å². The first-order chi connectivity index (χ1) is 9.72. The lowest BCUT2D eigenvalue weighted by molar-refractivity contribution is 0.156. The second kappa shape index (κ2) is 7.75. The van der Waals surface area contributed by atoms with Crippen molar-refractivity contribution < 1.29 is 0 Å². The number of nitrogens with zero attached hydrogens (tertiary/aromatic N) is 2. The molecule has 0 saturated heterocycles. The van der Waals surface area contributed by atoms with Gasteiger partial charge in [-0.1, -0.05) is 19.4 Å². The van der Waals surface area contributed by atoms with Crippen molar-refractivity contribution in [1.82, 2.24) is 15.2 Å². The largest absolute Gasteiger partial charge is 0.316 e. The van der Waals surface area contributed by atoms with Gasteiger partial charge in [-0.15, -0.1) is 0 Å². The summed E-state index contributed by atoms with van der Waals surface area (Å²) in [6, 6.07) is 5.10. The van der Waals surface area contributed by atoms with E-state index < -0.39 is 0 Å². The Morgan fingerprint density at radius 3 is 2.55 bits per heavy atom. The van der Waals surface area contributed by atoms with Crippen LogP contribution in [0, 0.1) is 5.92 Å². The van der Waals surface area contributed by atoms with Gasteiger partial charge < -0.3 is 5.32 Å². The SMILES string of the molecule is CCC1CCC(N(C)Cc2ccc(CNC)cn2)CC1. The van der Waals surface area contributed by atoms with Gasteiger partial charge in [0.2, 0.25) is 0 Å². The number of pyridine rings is 1. The molecule has 112 valence electrons. The molecule has 0 spiro atoms. The Balaban J connectivity index is 1.83. The minimum atomic E-state index is 0.747. The average molecular weight is 275 g/mol. The summed E-state index contributed by atoms with van der Waals surface area (Å²) >= 11 is 0. The van der Waals surface area contributed by atoms with Gasteiger partial charge in [-0.2, -0.15) is 0 Å². The van der Waals surface area contributed by atoms with Crippen LogP contribution in [0.1, 0.15) is 50.3 Å². The summed E-state index contributed by atoms with van der Waals surface area (Å²) in [6.07, 6.45) is 8.86. The summed E-state index contributed by atoms with van der Waals surface area (Å²) in [5.74, 6) is 0.971. The molecule has 0 radical (unpaired) electrons. The van der Waals surface area contributed by atoms with Crippen LogP contribution in [-0.2, 0) is 13.1 Å². The van der Waals surface area contributed by atoms with E-state index in [1.54, 1.807) is 0 Å². The van der Waals surface area contributed by atoms with Gasteiger partial charge in [-0.05, 0) is 57.3 Å². The Labute approximate surface area is 123 Å². The Morgan fingerprint density at radius 1 is 1.25 bits per heavy atom. The molecule has 1 N–H and O–H groups in total. The summed E-state index contributed by atoms with van der Waals surface area (Å²) in [4.78, 5) is 7.07. The van der Waals surface area contributed by atoms with Gasteiger partial charge in [-0.25, -0.2) is 0 Å². The van der Waals surface area contributed by atoms with E-state index in [2.05, 4.69) is 41.3 Å². The summed E-state index contributed by atoms with van der Waals surface area (Å²) < 4.78 is 0. The van der Waals surface area contributed by atoms with Crippen molar-refractivity contribution >= 4 is 0 Å². The normalized spacial score (nSPS) is 23.2. The highest BCUT2D eigenvalue weighted by Gasteiger charge is 2.23. The molecule has 1 aliphatic carbocycles. The zero-order chi connectivity index (χ0) is 14.4. The quantitative estimate of drug-likeness (QED) is 0.864. The highest BCUT2D eigenvalue weighted by molar-refractivity contribution is 5.14. The van der Waals surface area contributed by atoms with E-state index in [4.69, 9.17) is 0 Å². The fraction of sp³-hybridized carbons (Fsp3) is 0.706. The van der Waals surface area contributed by atoms with Crippen molar-refractivity contribution in [3.05, 3.63) is 29.6 Å². The number of rotatable bonds is 6. The van der Waals surface area contributed by atoms with Crippen molar-refractivity contribution in [3.63, 3.8) is 0 Å². The zero-order valence-electron chi connectivity index (χ0n) is 13.2. The molecule has 3 nitrogen and oxygen atoms in total. The summed E-state index contributed by atoms with van der Waals surface area (Å²) in [7, 11) is 4.22. The molecule has 0 unspecified atom stereocenters. The van der Waals surface area contributed by atoms with Gasteiger partial charge in [-0.3, -0.25) is 9.88 Å². The second-order valence-electron chi connectivity index (χ2n) is 6.19. The van der Waals surface area contributed by atoms with Gasteiger partial charge in [0, 0.05) is 25.3 Å². The lowest BCUT2D eigenvalue weighted by Gasteiger charge is -2.34. The molecule has 1 aromatic heterocycles. The van der Waals surface area contributed by atoms with Crippen molar-refractivity contribution in [1.29, 1.82) is 0 Å². The van der Waals surface area contributed by atoms with Gasteiger partial charge in [0.25, 0.3) is 0 Å². The van der Waals surface area contributed by atoms with E-state index in [1.807, 2.05) is 13.2 Å². The fourth-order valence-electron chi connectivity index (χ4n) is 3.24. The minimum Gasteiger partial charge on any atom is -0.316 e. The number of hydrogen-bond donors (Lipinski definition) is 1. The van der Waals surface area contributed by atoms with Crippen LogP contribution in [0.2, 0.25) is 0 Å². The van der Waals surface area contributed by atoms with Gasteiger partial charge in [0.1, 0.15) is 0 Å². The van der Waals surface area contributed by atoms with Crippen LogP contribution in [0.4, 0.5) is 0 Å². The van der Waals surface area contributed by atoms with Crippen LogP contribution in [-0.4, -0.2) is 30.0 Å². The number of aromatic nitrogens is 1. The molecular weight excluding hydrogens is 246 g/mol. The Morgan fingerprint density at radius 2 is 2.00 bits per heavy atom. The smallest absolute Gasteiger partial charge is 0.0544 e. The Kier molecular flexibility index (Phi) is 5.99. The van der Waals surface area contributed by atoms with E-state index in [9.17, 15) is 0 Å². The summed E-state index contributed by atoms with van der Waals surface area (Å²) in [5.41, 5.74) is 2.44. The van der Waals surface area contributed by atoms with E-state index in [0.717, 1.165) is 25.0 Å². The van der Waals surface area contributed by atoms with Crippen LogP contribution >= 0.6 is 0 Å². The topological polar surface area (TPSA) is 28.2 Å². The molecule has 0 aromatic carbocycles. The molecule has 0 atom stereocenters. The van der Waals surface area contributed by atoms with E-state index in [0.29, 0.717) is 0 Å². The molecular formula is C17H29N3. The monoisotopic (exact) mass is 275 g/mol. The molecule has 20 heavy (non-hydrogen) atoms. The minimum absolute atomic E-state index is 0.747. The summed E-state index contributed by atoms with van der Waals surface area (Å²) in [5, 5.41) is 3.16. The molecule has 0 aliphatic heterocycles. The third kappa shape index (κ3) is 4.29. The standard InChI is InChI=1S/C17H29N3/c1-4-14-6-9-17(10-7-14)20(3)13-16-8-5-15(11-18-2)12-19-16/h5,8,12,14,17-18H,4,6-7,9-11,13H2,1-3H3. The third-order valence-corrected chi connectivity index (χ3v) is 4.70. The van der Waals surface area contributed by atoms with Crippen LogP contribution in [0.3, 0.4) is 0 Å². The van der Waals surface area contributed by atoms with E-state index in [-0.39, 0.29) is 0 Å². The molecule has 1 heterocycles. The van der Waals surface area contributed by atoms with Crippen LogP contribution in [0.15, 0.2) is 18.3 Å². The molecule has 1 aliphatic rings. The maximum atomic E-state index is 4.58. The predicted octanol–water partition coefficient (Wildman–Crippen LogP) is 3.20. The van der Waals surface area contributed by atoms with Gasteiger partial charge >= 0.3 is 0 Å². The Hall–Kier alpha value is -0.930. The van der Waals surface area contributed by atoms with Gasteiger partial charge in [0.05, 0.1) is 5.69 Å². The number of nitrogens with one attached hydrogen (secondary N) is 1. The fourth-order valence-corrected chi connectivity index (χ4v) is 3.24. The van der Waals surface area contributed by atoms with Crippen molar-refractivity contribution in [2.24, 2.45) is 5.92 Å². The van der Waals surface area contributed by atoms with Crippen molar-refractivity contribution in [3.8, 4) is 0 Å². The van der Waals surface area contributed by atoms with E-state index >= 15 is 0 Å². The molecule has 3 heteroatoms. The lowest BCUT2D eigenvalue weighted by Crippen LogP contribution is -2.34. The highest BCUT2D eigenvalue weighted by atomic mass is 15.1.